The summed E-state index contributed by atoms with van der Waals surface area (Å²) in [5, 5.41) is 0. The number of rotatable bonds is 6. The maximum absolute atomic E-state index is 5.11. The molecule has 0 aromatic heterocycles. The monoisotopic (exact) mass is 195 g/mol. The summed E-state index contributed by atoms with van der Waals surface area (Å²) >= 11 is 0. The zero-order chi connectivity index (χ0) is 11.0. The van der Waals surface area contributed by atoms with Crippen molar-refractivity contribution in [2.45, 2.75) is 33.6 Å². The first kappa shape index (κ1) is 12.9. The molecule has 14 heavy (non-hydrogen) atoms. The Morgan fingerprint density at radius 1 is 1.43 bits per heavy atom. The summed E-state index contributed by atoms with van der Waals surface area (Å²) in [6.07, 6.45) is 5.76. The second-order valence-electron chi connectivity index (χ2n) is 3.21. The van der Waals surface area contributed by atoms with Crippen LogP contribution in [0.4, 0.5) is 0 Å². The summed E-state index contributed by atoms with van der Waals surface area (Å²) in [6.45, 7) is 9.90. The number of methoxy groups -OCH3 is 1. The molecule has 0 aliphatic carbocycles. The van der Waals surface area contributed by atoms with Crippen LogP contribution in [0.5, 0.6) is 0 Å². The average Bonchev–Trinajstić information content (AvgIpc) is 2.19. The van der Waals surface area contributed by atoms with Gasteiger partial charge in [-0.25, -0.2) is 0 Å². The second kappa shape index (κ2) is 7.36. The Morgan fingerprint density at radius 3 is 2.36 bits per heavy atom. The minimum atomic E-state index is 0.498. The molecule has 0 aromatic carbocycles. The van der Waals surface area contributed by atoms with Crippen LogP contribution in [-0.4, -0.2) is 12.8 Å². The van der Waals surface area contributed by atoms with E-state index in [0.29, 0.717) is 5.92 Å². The smallest absolute Gasteiger partial charge is 0.0942 e. The highest BCUT2D eigenvalue weighted by atomic mass is 16.5. The molecule has 0 saturated carbocycles. The molecular formula is C12H21NO. The summed E-state index contributed by atoms with van der Waals surface area (Å²) in [7, 11) is 1.67. The molecule has 2 heteroatoms. The van der Waals surface area contributed by atoms with Crippen molar-refractivity contribution >= 4 is 5.71 Å². The highest BCUT2D eigenvalue weighted by Crippen LogP contribution is 2.13. The Kier molecular flexibility index (Phi) is 6.81. The van der Waals surface area contributed by atoms with Crippen molar-refractivity contribution in [3.05, 3.63) is 24.6 Å². The van der Waals surface area contributed by atoms with Gasteiger partial charge in [0.1, 0.15) is 0 Å². The van der Waals surface area contributed by atoms with Gasteiger partial charge < -0.3 is 4.74 Å². The van der Waals surface area contributed by atoms with E-state index in [2.05, 4.69) is 25.4 Å². The Labute approximate surface area is 87.4 Å². The molecule has 0 atom stereocenters. The zero-order valence-electron chi connectivity index (χ0n) is 9.71. The number of ether oxygens (including phenoxy) is 1. The summed E-state index contributed by atoms with van der Waals surface area (Å²) in [5.41, 5.74) is 1.06. The molecule has 0 radical (unpaired) electrons. The minimum Gasteiger partial charge on any atom is -0.501 e. The molecule has 0 aliphatic heterocycles. The fourth-order valence-electron chi connectivity index (χ4n) is 1.34. The van der Waals surface area contributed by atoms with E-state index in [1.54, 1.807) is 13.3 Å². The first-order valence-corrected chi connectivity index (χ1v) is 5.10. The van der Waals surface area contributed by atoms with Gasteiger partial charge in [-0.1, -0.05) is 20.4 Å². The lowest BCUT2D eigenvalue weighted by Crippen LogP contribution is -2.10. The normalized spacial score (nSPS) is 13.2. The highest BCUT2D eigenvalue weighted by Gasteiger charge is 2.09. The lowest BCUT2D eigenvalue weighted by atomic mass is 9.97. The number of hydrogen-bond acceptors (Lipinski definition) is 2. The van der Waals surface area contributed by atoms with Gasteiger partial charge in [-0.15, -0.1) is 0 Å². The van der Waals surface area contributed by atoms with Crippen LogP contribution in [0.3, 0.4) is 0 Å². The molecule has 0 spiro atoms. The van der Waals surface area contributed by atoms with Crippen LogP contribution in [0, 0.1) is 5.92 Å². The molecule has 0 heterocycles. The average molecular weight is 195 g/mol. The molecule has 80 valence electrons. The van der Waals surface area contributed by atoms with Crippen LogP contribution in [-0.2, 0) is 4.74 Å². The summed E-state index contributed by atoms with van der Waals surface area (Å²) < 4.78 is 5.11. The highest BCUT2D eigenvalue weighted by molar-refractivity contribution is 5.97. The van der Waals surface area contributed by atoms with Crippen molar-refractivity contribution in [3.8, 4) is 0 Å². The number of allylic oxidation sites excluding steroid dienone is 2. The first-order chi connectivity index (χ1) is 6.69. The van der Waals surface area contributed by atoms with Crippen LogP contribution >= 0.6 is 0 Å². The van der Waals surface area contributed by atoms with Gasteiger partial charge in [-0.3, -0.25) is 4.99 Å². The Bertz CT molecular complexity index is 224. The van der Waals surface area contributed by atoms with Crippen molar-refractivity contribution in [2.75, 3.05) is 7.11 Å². The van der Waals surface area contributed by atoms with E-state index in [4.69, 9.17) is 4.74 Å². The van der Waals surface area contributed by atoms with E-state index in [1.807, 2.05) is 13.0 Å². The van der Waals surface area contributed by atoms with Gasteiger partial charge in [0, 0.05) is 17.8 Å². The fourth-order valence-corrected chi connectivity index (χ4v) is 1.34. The van der Waals surface area contributed by atoms with Gasteiger partial charge in [0.05, 0.1) is 12.9 Å². The number of hydrogen-bond donors (Lipinski definition) is 0. The maximum Gasteiger partial charge on any atom is 0.0942 e. The third-order valence-electron chi connectivity index (χ3n) is 2.32. The number of aliphatic imine (C=N–C) groups is 1. The van der Waals surface area contributed by atoms with Crippen LogP contribution in [0.2, 0.25) is 0 Å². The lowest BCUT2D eigenvalue weighted by molar-refractivity contribution is 0.294. The molecule has 0 saturated heterocycles. The Balaban J connectivity index is 4.76. The van der Waals surface area contributed by atoms with Gasteiger partial charge >= 0.3 is 0 Å². The van der Waals surface area contributed by atoms with E-state index >= 15 is 0 Å². The molecule has 0 fully saturated rings. The second-order valence-corrected chi connectivity index (χ2v) is 3.21. The van der Waals surface area contributed by atoms with E-state index < -0.39 is 0 Å². The van der Waals surface area contributed by atoms with Crippen molar-refractivity contribution in [3.63, 3.8) is 0 Å². The fraction of sp³-hybridized carbons (Fsp3) is 0.583. The first-order valence-electron chi connectivity index (χ1n) is 5.10. The zero-order valence-corrected chi connectivity index (χ0v) is 9.71. The van der Waals surface area contributed by atoms with Crippen LogP contribution in [0.1, 0.15) is 33.6 Å². The van der Waals surface area contributed by atoms with E-state index in [1.165, 1.54) is 0 Å². The van der Waals surface area contributed by atoms with Gasteiger partial charge in [0.15, 0.2) is 0 Å². The van der Waals surface area contributed by atoms with E-state index in [9.17, 15) is 0 Å². The van der Waals surface area contributed by atoms with E-state index in [0.717, 1.165) is 24.3 Å². The predicted molar refractivity (Wildman–Crippen MR) is 62.5 cm³/mol. The molecule has 0 bridgehead atoms. The lowest BCUT2D eigenvalue weighted by Gasteiger charge is -2.12. The van der Waals surface area contributed by atoms with Gasteiger partial charge in [-0.2, -0.15) is 0 Å². The summed E-state index contributed by atoms with van der Waals surface area (Å²) in [5.74, 6) is 1.38. The molecule has 0 unspecified atom stereocenters. The van der Waals surface area contributed by atoms with Crippen molar-refractivity contribution in [1.29, 1.82) is 0 Å². The maximum atomic E-state index is 5.11. The largest absolute Gasteiger partial charge is 0.501 e. The Morgan fingerprint density at radius 2 is 2.00 bits per heavy atom. The van der Waals surface area contributed by atoms with Crippen molar-refractivity contribution in [1.82, 2.24) is 0 Å². The molecule has 2 nitrogen and oxygen atoms in total. The summed E-state index contributed by atoms with van der Waals surface area (Å²) in [4.78, 5) is 4.28. The molecule has 0 amide bonds. The molecular weight excluding hydrogens is 174 g/mol. The topological polar surface area (TPSA) is 21.6 Å². The summed E-state index contributed by atoms with van der Waals surface area (Å²) in [6, 6.07) is 0. The quantitative estimate of drug-likeness (QED) is 0.469. The molecule has 0 aliphatic rings. The number of nitrogens with zero attached hydrogens (tertiary/aromatic N) is 1. The Hall–Kier alpha value is -1.05. The molecule has 0 aromatic rings. The minimum absolute atomic E-state index is 0.498. The van der Waals surface area contributed by atoms with Crippen LogP contribution in [0.25, 0.3) is 0 Å². The van der Waals surface area contributed by atoms with Gasteiger partial charge in [0.25, 0.3) is 0 Å². The van der Waals surface area contributed by atoms with Crippen molar-refractivity contribution in [2.24, 2.45) is 10.9 Å². The van der Waals surface area contributed by atoms with Crippen LogP contribution in [0.15, 0.2) is 29.6 Å². The third kappa shape index (κ3) is 4.26. The van der Waals surface area contributed by atoms with Crippen LogP contribution < -0.4 is 0 Å². The molecule has 0 rings (SSSR count). The SMILES string of the molecule is C=CN=C(/C=C(\C)OC)C(CC)CC. The van der Waals surface area contributed by atoms with Crippen molar-refractivity contribution < 1.29 is 4.74 Å². The van der Waals surface area contributed by atoms with E-state index in [-0.39, 0.29) is 0 Å². The molecule has 0 N–H and O–H groups in total. The standard InChI is InChI=1S/C12H21NO/c1-6-11(7-2)12(13-8-3)9-10(4)14-5/h8-9,11H,3,6-7H2,1-2,4-5H3/b10-9+,13-12?. The van der Waals surface area contributed by atoms with Gasteiger partial charge in [0.2, 0.25) is 0 Å². The van der Waals surface area contributed by atoms with Gasteiger partial charge in [-0.05, 0) is 25.8 Å². The third-order valence-corrected chi connectivity index (χ3v) is 2.32. The predicted octanol–water partition coefficient (Wildman–Crippen LogP) is 3.56.